The Morgan fingerprint density at radius 2 is 1.94 bits per heavy atom. The van der Waals surface area contributed by atoms with Gasteiger partial charge in [-0.3, -0.25) is 0 Å². The molecule has 1 heterocycles. The molecule has 2 rings (SSSR count). The Hall–Kier alpha value is -0.810. The topological polar surface area (TPSA) is 34.9 Å². The summed E-state index contributed by atoms with van der Waals surface area (Å²) in [5, 5.41) is 0.119. The Bertz CT molecular complexity index is 522. The Labute approximate surface area is 108 Å². The number of nitrogens with zero attached hydrogens (tertiary/aromatic N) is 2. The molecule has 16 heavy (non-hydrogen) atoms. The van der Waals surface area contributed by atoms with Crippen LogP contribution in [-0.2, 0) is 17.9 Å². The fraction of sp³-hybridized carbons (Fsp3) is 0.273. The van der Waals surface area contributed by atoms with Gasteiger partial charge in [-0.1, -0.05) is 12.1 Å². The maximum atomic E-state index is 11.9. The number of benzene rings is 1. The van der Waals surface area contributed by atoms with Crippen molar-refractivity contribution in [3.05, 3.63) is 30.1 Å². The van der Waals surface area contributed by atoms with E-state index in [2.05, 4.69) is 4.98 Å². The monoisotopic (exact) mass is 300 g/mol. The summed E-state index contributed by atoms with van der Waals surface area (Å²) < 4.78 is 1.87. The first-order valence-corrected chi connectivity index (χ1v) is 6.68. The van der Waals surface area contributed by atoms with Gasteiger partial charge in [0, 0.05) is 7.05 Å². The van der Waals surface area contributed by atoms with Crippen LogP contribution < -0.4 is 17.0 Å². The van der Waals surface area contributed by atoms with Crippen molar-refractivity contribution < 1.29 is 21.8 Å². The van der Waals surface area contributed by atoms with Crippen LogP contribution in [0.2, 0.25) is 0 Å². The summed E-state index contributed by atoms with van der Waals surface area (Å²) in [5.74, 6) is 0.560. The molecule has 0 saturated carbocycles. The van der Waals surface area contributed by atoms with E-state index in [1.54, 1.807) is 0 Å². The number of aryl methyl sites for hydroxylation is 1. The van der Waals surface area contributed by atoms with Gasteiger partial charge in [-0.15, -0.1) is 0 Å². The predicted molar refractivity (Wildman–Crippen MR) is 64.3 cm³/mol. The zero-order valence-electron chi connectivity index (χ0n) is 9.40. The molecular formula is C11H13BrN2OS. The fourth-order valence-electron chi connectivity index (χ4n) is 1.51. The van der Waals surface area contributed by atoms with Crippen LogP contribution in [0.15, 0.2) is 24.3 Å². The lowest BCUT2D eigenvalue weighted by Crippen LogP contribution is -3.00. The standard InChI is InChI=1S/C11H13N2OS.BrH/c1-13-9-7-5-4-6-8(9)12-10(13)11(14)15(2)3;/h4-7H,1-3H3;1H/q+1;/p-1. The van der Waals surface area contributed by atoms with E-state index in [0.29, 0.717) is 5.82 Å². The van der Waals surface area contributed by atoms with Crippen LogP contribution in [-0.4, -0.2) is 27.2 Å². The minimum atomic E-state index is -0.270. The zero-order valence-corrected chi connectivity index (χ0v) is 11.8. The molecule has 0 amide bonds. The summed E-state index contributed by atoms with van der Waals surface area (Å²) in [6, 6.07) is 7.79. The number of rotatable bonds is 1. The highest BCUT2D eigenvalue weighted by atomic mass is 79.9. The molecule has 0 saturated heterocycles. The van der Waals surface area contributed by atoms with E-state index in [1.807, 2.05) is 48.4 Å². The van der Waals surface area contributed by atoms with Crippen molar-refractivity contribution >= 4 is 27.0 Å². The Kier molecular flexibility index (Phi) is 4.15. The lowest BCUT2D eigenvalue weighted by molar-refractivity contribution is -0.00000986. The van der Waals surface area contributed by atoms with Crippen LogP contribution in [0.25, 0.3) is 11.0 Å². The number of carbonyl (C=O) groups excluding carboxylic acids is 1. The molecule has 0 aliphatic carbocycles. The maximum Gasteiger partial charge on any atom is 0.396 e. The minimum absolute atomic E-state index is 0. The summed E-state index contributed by atoms with van der Waals surface area (Å²) in [6.07, 6.45) is 3.84. The van der Waals surface area contributed by atoms with Crippen LogP contribution in [0.5, 0.6) is 0 Å². The molecule has 2 aromatic rings. The van der Waals surface area contributed by atoms with E-state index in [0.717, 1.165) is 11.0 Å². The van der Waals surface area contributed by atoms with E-state index < -0.39 is 0 Å². The van der Waals surface area contributed by atoms with Crippen molar-refractivity contribution in [1.82, 2.24) is 9.55 Å². The molecule has 1 aromatic carbocycles. The summed E-state index contributed by atoms with van der Waals surface area (Å²) in [7, 11) is 1.61. The van der Waals surface area contributed by atoms with E-state index in [-0.39, 0.29) is 33.0 Å². The average Bonchev–Trinajstić information content (AvgIpc) is 2.56. The number of hydrogen-bond acceptors (Lipinski definition) is 2. The van der Waals surface area contributed by atoms with E-state index in [1.165, 1.54) is 0 Å². The molecular weight excluding hydrogens is 288 g/mol. The molecule has 0 aliphatic rings. The van der Waals surface area contributed by atoms with Crippen molar-refractivity contribution in [3.63, 3.8) is 0 Å². The maximum absolute atomic E-state index is 11.9. The van der Waals surface area contributed by atoms with Gasteiger partial charge in [-0.25, -0.2) is 9.78 Å². The third kappa shape index (κ3) is 2.15. The van der Waals surface area contributed by atoms with Gasteiger partial charge in [-0.2, -0.15) is 0 Å². The van der Waals surface area contributed by atoms with Crippen molar-refractivity contribution in [3.8, 4) is 0 Å². The van der Waals surface area contributed by atoms with Crippen LogP contribution in [0, 0.1) is 0 Å². The quantitative estimate of drug-likeness (QED) is 0.607. The number of hydrogen-bond donors (Lipinski definition) is 0. The minimum Gasteiger partial charge on any atom is -1.00 e. The van der Waals surface area contributed by atoms with Crippen LogP contribution in [0.1, 0.15) is 10.6 Å². The number of halogens is 1. The van der Waals surface area contributed by atoms with Gasteiger partial charge in [0.1, 0.15) is 12.5 Å². The second-order valence-corrected chi connectivity index (χ2v) is 5.59. The number of para-hydroxylation sites is 2. The van der Waals surface area contributed by atoms with Crippen molar-refractivity contribution in [2.24, 2.45) is 7.05 Å². The predicted octanol–water partition coefficient (Wildman–Crippen LogP) is -1.40. The zero-order chi connectivity index (χ0) is 11.0. The Balaban J connectivity index is 0.00000128. The second kappa shape index (κ2) is 5.01. The van der Waals surface area contributed by atoms with Gasteiger partial charge in [0.15, 0.2) is 0 Å². The highest BCUT2D eigenvalue weighted by Gasteiger charge is 2.25. The molecule has 0 bridgehead atoms. The molecule has 0 aliphatic heterocycles. The van der Waals surface area contributed by atoms with E-state index in [9.17, 15) is 4.79 Å². The lowest BCUT2D eigenvalue weighted by Gasteiger charge is -1.97. The molecule has 3 nitrogen and oxygen atoms in total. The molecule has 5 heteroatoms. The van der Waals surface area contributed by atoms with Crippen molar-refractivity contribution in [2.45, 2.75) is 0 Å². The summed E-state index contributed by atoms with van der Waals surface area (Å²) in [5.41, 5.74) is 1.89. The average molecular weight is 301 g/mol. The molecule has 0 fully saturated rings. The lowest BCUT2D eigenvalue weighted by atomic mass is 10.3. The summed E-state index contributed by atoms with van der Waals surface area (Å²) in [4.78, 5) is 16.2. The van der Waals surface area contributed by atoms with Crippen LogP contribution in [0.4, 0.5) is 0 Å². The third-order valence-corrected chi connectivity index (χ3v) is 3.26. The van der Waals surface area contributed by atoms with E-state index in [4.69, 9.17) is 0 Å². The summed E-state index contributed by atoms with van der Waals surface area (Å²) in [6.45, 7) is 0. The van der Waals surface area contributed by atoms with Gasteiger partial charge in [0.2, 0.25) is 5.82 Å². The van der Waals surface area contributed by atoms with Gasteiger partial charge in [-0.05, 0) is 12.1 Å². The van der Waals surface area contributed by atoms with Crippen LogP contribution in [0.3, 0.4) is 0 Å². The Morgan fingerprint density at radius 3 is 2.50 bits per heavy atom. The molecule has 0 unspecified atom stereocenters. The number of carbonyl (C=O) groups is 1. The molecule has 0 atom stereocenters. The number of imidazole rings is 1. The second-order valence-electron chi connectivity index (χ2n) is 3.59. The fourth-order valence-corrected chi connectivity index (χ4v) is 2.06. The molecule has 86 valence electrons. The van der Waals surface area contributed by atoms with Crippen LogP contribution >= 0.6 is 0 Å². The number of fused-ring (bicyclic) bond motifs is 1. The van der Waals surface area contributed by atoms with E-state index >= 15 is 0 Å². The first-order valence-electron chi connectivity index (χ1n) is 4.64. The van der Waals surface area contributed by atoms with Crippen molar-refractivity contribution in [2.75, 3.05) is 12.5 Å². The number of aromatic nitrogens is 2. The smallest absolute Gasteiger partial charge is 0.396 e. The highest BCUT2D eigenvalue weighted by Crippen LogP contribution is 2.15. The molecule has 0 radical (unpaired) electrons. The molecule has 1 aromatic heterocycles. The first-order chi connectivity index (χ1) is 7.11. The third-order valence-electron chi connectivity index (χ3n) is 2.34. The van der Waals surface area contributed by atoms with Gasteiger partial charge in [0.05, 0.1) is 21.9 Å². The highest BCUT2D eigenvalue weighted by molar-refractivity contribution is 8.10. The Morgan fingerprint density at radius 1 is 1.31 bits per heavy atom. The van der Waals surface area contributed by atoms with Gasteiger partial charge < -0.3 is 21.5 Å². The molecule has 0 spiro atoms. The summed E-state index contributed by atoms with van der Waals surface area (Å²) >= 11 is 0. The normalized spacial score (nSPS) is 10.5. The van der Waals surface area contributed by atoms with Gasteiger partial charge >= 0.3 is 5.12 Å². The molecule has 0 N–H and O–H groups in total. The SMILES string of the molecule is Cn1c(C(=O)[S+](C)C)nc2ccccc21.[Br-]. The first kappa shape index (κ1) is 13.3. The van der Waals surface area contributed by atoms with Gasteiger partial charge in [0.25, 0.3) is 0 Å². The van der Waals surface area contributed by atoms with Crippen molar-refractivity contribution in [1.29, 1.82) is 0 Å². The largest absolute Gasteiger partial charge is 1.00 e.